The molecule has 0 bridgehead atoms. The molecule has 0 fully saturated rings. The van der Waals surface area contributed by atoms with E-state index in [2.05, 4.69) is 9.97 Å². The van der Waals surface area contributed by atoms with E-state index in [0.29, 0.717) is 10.7 Å². The van der Waals surface area contributed by atoms with Crippen LogP contribution < -0.4 is 0 Å². The smallest absolute Gasteiger partial charge is 0.122 e. The molecule has 1 atom stereocenters. The Labute approximate surface area is 115 Å². The standard InChI is InChI=1S/C15H11ClN2O/c16-12-4-2-8-18-14(12)15(19)11-5-6-13-10(9-11)3-1-7-17-13/h1-9,15,19H. The van der Waals surface area contributed by atoms with Crippen molar-refractivity contribution < 1.29 is 5.11 Å². The van der Waals surface area contributed by atoms with Crippen molar-refractivity contribution in [1.82, 2.24) is 9.97 Å². The van der Waals surface area contributed by atoms with Crippen molar-refractivity contribution >= 4 is 22.5 Å². The van der Waals surface area contributed by atoms with Gasteiger partial charge in [-0.15, -0.1) is 0 Å². The third kappa shape index (κ3) is 2.30. The number of rotatable bonds is 2. The van der Waals surface area contributed by atoms with Crippen molar-refractivity contribution in [3.63, 3.8) is 0 Å². The number of halogens is 1. The van der Waals surface area contributed by atoms with Gasteiger partial charge in [0, 0.05) is 17.8 Å². The van der Waals surface area contributed by atoms with E-state index in [1.54, 1.807) is 24.5 Å². The topological polar surface area (TPSA) is 46.0 Å². The van der Waals surface area contributed by atoms with E-state index in [1.165, 1.54) is 0 Å². The summed E-state index contributed by atoms with van der Waals surface area (Å²) in [5, 5.41) is 11.8. The van der Waals surface area contributed by atoms with Crippen LogP contribution in [0.25, 0.3) is 10.9 Å². The molecule has 3 nitrogen and oxygen atoms in total. The fourth-order valence-electron chi connectivity index (χ4n) is 2.02. The average Bonchev–Trinajstić information content (AvgIpc) is 2.46. The van der Waals surface area contributed by atoms with Crippen LogP contribution in [0.4, 0.5) is 0 Å². The first-order valence-corrected chi connectivity index (χ1v) is 6.26. The van der Waals surface area contributed by atoms with Crippen LogP contribution in [0.3, 0.4) is 0 Å². The zero-order valence-electron chi connectivity index (χ0n) is 9.99. The number of nitrogens with zero attached hydrogens (tertiary/aromatic N) is 2. The Morgan fingerprint density at radius 3 is 2.63 bits per heavy atom. The molecule has 3 rings (SSSR count). The Morgan fingerprint density at radius 1 is 1.00 bits per heavy atom. The molecule has 0 amide bonds. The average molecular weight is 271 g/mol. The predicted molar refractivity (Wildman–Crippen MR) is 75.1 cm³/mol. The van der Waals surface area contributed by atoms with Gasteiger partial charge < -0.3 is 5.11 Å². The molecule has 1 unspecified atom stereocenters. The fraction of sp³-hybridized carbons (Fsp3) is 0.0667. The largest absolute Gasteiger partial charge is 0.382 e. The Balaban J connectivity index is 2.07. The summed E-state index contributed by atoms with van der Waals surface area (Å²) in [4.78, 5) is 8.39. The second-order valence-corrected chi connectivity index (χ2v) is 4.64. The normalized spacial score (nSPS) is 12.5. The lowest BCUT2D eigenvalue weighted by Gasteiger charge is -2.12. The van der Waals surface area contributed by atoms with Crippen LogP contribution in [0.1, 0.15) is 17.4 Å². The highest BCUT2D eigenvalue weighted by molar-refractivity contribution is 6.31. The summed E-state index contributed by atoms with van der Waals surface area (Å²) >= 11 is 6.05. The minimum atomic E-state index is -0.835. The van der Waals surface area contributed by atoms with Gasteiger partial charge in [0.25, 0.3) is 0 Å². The minimum Gasteiger partial charge on any atom is -0.382 e. The molecule has 1 N–H and O–H groups in total. The summed E-state index contributed by atoms with van der Waals surface area (Å²) < 4.78 is 0. The second kappa shape index (κ2) is 4.96. The molecular formula is C15H11ClN2O. The molecule has 94 valence electrons. The zero-order valence-corrected chi connectivity index (χ0v) is 10.7. The third-order valence-electron chi connectivity index (χ3n) is 2.99. The van der Waals surface area contributed by atoms with Gasteiger partial charge in [0.2, 0.25) is 0 Å². The van der Waals surface area contributed by atoms with Gasteiger partial charge in [-0.25, -0.2) is 0 Å². The molecule has 0 saturated carbocycles. The molecule has 19 heavy (non-hydrogen) atoms. The lowest BCUT2D eigenvalue weighted by Crippen LogP contribution is -2.03. The van der Waals surface area contributed by atoms with Crippen molar-refractivity contribution in [3.8, 4) is 0 Å². The van der Waals surface area contributed by atoms with Gasteiger partial charge in [0.15, 0.2) is 0 Å². The monoisotopic (exact) mass is 270 g/mol. The van der Waals surface area contributed by atoms with E-state index in [9.17, 15) is 5.11 Å². The number of hydrogen-bond acceptors (Lipinski definition) is 3. The Bertz CT molecular complexity index is 730. The van der Waals surface area contributed by atoms with E-state index in [1.807, 2.05) is 30.3 Å². The highest BCUT2D eigenvalue weighted by atomic mass is 35.5. The molecular weight excluding hydrogens is 260 g/mol. The predicted octanol–water partition coefficient (Wildman–Crippen LogP) is 3.36. The highest BCUT2D eigenvalue weighted by Gasteiger charge is 2.15. The van der Waals surface area contributed by atoms with Crippen LogP contribution in [-0.2, 0) is 0 Å². The molecule has 2 heterocycles. The summed E-state index contributed by atoms with van der Waals surface area (Å²) in [7, 11) is 0. The fourth-order valence-corrected chi connectivity index (χ4v) is 2.25. The van der Waals surface area contributed by atoms with E-state index in [-0.39, 0.29) is 0 Å². The number of fused-ring (bicyclic) bond motifs is 1. The van der Waals surface area contributed by atoms with Crippen LogP contribution in [-0.4, -0.2) is 15.1 Å². The quantitative estimate of drug-likeness (QED) is 0.777. The summed E-state index contributed by atoms with van der Waals surface area (Å²) in [6.07, 6.45) is 2.53. The number of benzene rings is 1. The maximum Gasteiger partial charge on any atom is 0.122 e. The number of aliphatic hydroxyl groups is 1. The highest BCUT2D eigenvalue weighted by Crippen LogP contribution is 2.27. The van der Waals surface area contributed by atoms with Gasteiger partial charge in [-0.2, -0.15) is 0 Å². The van der Waals surface area contributed by atoms with Crippen LogP contribution >= 0.6 is 11.6 Å². The number of aromatic nitrogens is 2. The Kier molecular flexibility index (Phi) is 3.15. The van der Waals surface area contributed by atoms with Gasteiger partial charge in [0.05, 0.1) is 16.2 Å². The van der Waals surface area contributed by atoms with Gasteiger partial charge in [0.1, 0.15) is 6.10 Å². The zero-order chi connectivity index (χ0) is 13.2. The van der Waals surface area contributed by atoms with Crippen LogP contribution in [0, 0.1) is 0 Å². The first-order chi connectivity index (χ1) is 9.25. The molecule has 2 aromatic heterocycles. The first-order valence-electron chi connectivity index (χ1n) is 5.89. The number of pyridine rings is 2. The first kappa shape index (κ1) is 12.1. The van der Waals surface area contributed by atoms with Gasteiger partial charge >= 0.3 is 0 Å². The van der Waals surface area contributed by atoms with Crippen molar-refractivity contribution in [2.45, 2.75) is 6.10 Å². The lowest BCUT2D eigenvalue weighted by molar-refractivity contribution is 0.215. The van der Waals surface area contributed by atoms with E-state index < -0.39 is 6.10 Å². The third-order valence-corrected chi connectivity index (χ3v) is 3.31. The number of hydrogen-bond donors (Lipinski definition) is 1. The Morgan fingerprint density at radius 2 is 1.79 bits per heavy atom. The summed E-state index contributed by atoms with van der Waals surface area (Å²) in [6.45, 7) is 0. The lowest BCUT2D eigenvalue weighted by atomic mass is 10.0. The summed E-state index contributed by atoms with van der Waals surface area (Å²) in [6, 6.07) is 12.9. The molecule has 0 spiro atoms. The molecule has 1 aromatic carbocycles. The van der Waals surface area contributed by atoms with Crippen LogP contribution in [0.5, 0.6) is 0 Å². The molecule has 4 heteroatoms. The summed E-state index contributed by atoms with van der Waals surface area (Å²) in [5.74, 6) is 0. The van der Waals surface area contributed by atoms with Crippen molar-refractivity contribution in [2.24, 2.45) is 0 Å². The van der Waals surface area contributed by atoms with Crippen LogP contribution in [0.2, 0.25) is 5.02 Å². The maximum absolute atomic E-state index is 10.4. The van der Waals surface area contributed by atoms with Gasteiger partial charge in [-0.3, -0.25) is 9.97 Å². The second-order valence-electron chi connectivity index (χ2n) is 4.23. The molecule has 0 saturated heterocycles. The molecule has 0 radical (unpaired) electrons. The number of aliphatic hydroxyl groups excluding tert-OH is 1. The molecule has 0 aliphatic heterocycles. The molecule has 3 aromatic rings. The SMILES string of the molecule is OC(c1ccc2ncccc2c1)c1ncccc1Cl. The summed E-state index contributed by atoms with van der Waals surface area (Å²) in [5.41, 5.74) is 2.11. The van der Waals surface area contributed by atoms with Crippen molar-refractivity contribution in [3.05, 3.63) is 71.1 Å². The van der Waals surface area contributed by atoms with Gasteiger partial charge in [-0.05, 0) is 35.9 Å². The Hall–Kier alpha value is -1.97. The van der Waals surface area contributed by atoms with Crippen LogP contribution in [0.15, 0.2) is 54.9 Å². The van der Waals surface area contributed by atoms with E-state index >= 15 is 0 Å². The minimum absolute atomic E-state index is 0.460. The van der Waals surface area contributed by atoms with Gasteiger partial charge in [-0.1, -0.05) is 23.7 Å². The van der Waals surface area contributed by atoms with E-state index in [0.717, 1.165) is 16.5 Å². The van der Waals surface area contributed by atoms with Crippen molar-refractivity contribution in [2.75, 3.05) is 0 Å². The van der Waals surface area contributed by atoms with E-state index in [4.69, 9.17) is 11.6 Å². The van der Waals surface area contributed by atoms with Crippen molar-refractivity contribution in [1.29, 1.82) is 0 Å². The maximum atomic E-state index is 10.4. The molecule has 0 aliphatic rings. The molecule has 0 aliphatic carbocycles.